The minimum Gasteiger partial charge on any atom is -0.495 e. The molecule has 0 saturated heterocycles. The van der Waals surface area contributed by atoms with Crippen LogP contribution in [0.25, 0.3) is 0 Å². The van der Waals surface area contributed by atoms with Crippen LogP contribution in [0.1, 0.15) is 41.6 Å². The summed E-state index contributed by atoms with van der Waals surface area (Å²) in [6.07, 6.45) is 8.14. The smallest absolute Gasteiger partial charge is 0.257 e. The first kappa shape index (κ1) is 17.5. The van der Waals surface area contributed by atoms with Crippen molar-refractivity contribution in [2.45, 2.75) is 38.6 Å². The predicted octanol–water partition coefficient (Wildman–Crippen LogP) is 4.66. The number of halogens is 1. The monoisotopic (exact) mass is 359 g/mol. The van der Waals surface area contributed by atoms with E-state index in [-0.39, 0.29) is 5.91 Å². The van der Waals surface area contributed by atoms with Crippen LogP contribution in [0.15, 0.2) is 30.6 Å². The Bertz CT molecular complexity index is 773. The minimum absolute atomic E-state index is 0.234. The van der Waals surface area contributed by atoms with Crippen LogP contribution in [0.2, 0.25) is 5.02 Å². The summed E-state index contributed by atoms with van der Waals surface area (Å²) in [6.45, 7) is 1.88. The van der Waals surface area contributed by atoms with E-state index in [2.05, 4.69) is 15.6 Å². The van der Waals surface area contributed by atoms with Crippen LogP contribution in [-0.4, -0.2) is 24.0 Å². The summed E-state index contributed by atoms with van der Waals surface area (Å²) in [6, 6.07) is 5.80. The average Bonchev–Trinajstić information content (AvgIpc) is 3.11. The molecular formula is C19H22ClN3O2. The van der Waals surface area contributed by atoms with E-state index >= 15 is 0 Å². The van der Waals surface area contributed by atoms with Gasteiger partial charge in [-0.3, -0.25) is 9.78 Å². The van der Waals surface area contributed by atoms with Gasteiger partial charge in [0.1, 0.15) is 5.75 Å². The second kappa shape index (κ2) is 7.74. The molecule has 1 aliphatic carbocycles. The van der Waals surface area contributed by atoms with Gasteiger partial charge in [0.2, 0.25) is 0 Å². The molecule has 0 unspecified atom stereocenters. The fourth-order valence-electron chi connectivity index (χ4n) is 3.07. The molecule has 5 nitrogen and oxygen atoms in total. The van der Waals surface area contributed by atoms with Crippen LogP contribution in [0.5, 0.6) is 5.75 Å². The topological polar surface area (TPSA) is 63.2 Å². The zero-order valence-electron chi connectivity index (χ0n) is 14.4. The Morgan fingerprint density at radius 2 is 2.00 bits per heavy atom. The summed E-state index contributed by atoms with van der Waals surface area (Å²) >= 11 is 6.11. The van der Waals surface area contributed by atoms with E-state index in [1.54, 1.807) is 31.6 Å². The number of methoxy groups -OCH3 is 1. The lowest BCUT2D eigenvalue weighted by molar-refractivity contribution is 0.102. The Kier molecular flexibility index (Phi) is 5.43. The molecule has 0 bridgehead atoms. The first-order valence-electron chi connectivity index (χ1n) is 8.44. The van der Waals surface area contributed by atoms with Crippen molar-refractivity contribution in [3.8, 4) is 5.75 Å². The highest BCUT2D eigenvalue weighted by Gasteiger charge is 2.16. The summed E-state index contributed by atoms with van der Waals surface area (Å²) in [5, 5.41) is 6.93. The van der Waals surface area contributed by atoms with Crippen molar-refractivity contribution in [2.75, 3.05) is 17.7 Å². The Morgan fingerprint density at radius 3 is 2.72 bits per heavy atom. The molecule has 2 aromatic rings. The van der Waals surface area contributed by atoms with E-state index in [1.165, 1.54) is 12.8 Å². The number of carbonyl (C=O) groups excluding carboxylic acids is 1. The summed E-state index contributed by atoms with van der Waals surface area (Å²) in [7, 11) is 1.55. The summed E-state index contributed by atoms with van der Waals surface area (Å²) in [4.78, 5) is 16.8. The number of anilines is 2. The first-order valence-corrected chi connectivity index (χ1v) is 8.81. The van der Waals surface area contributed by atoms with Crippen molar-refractivity contribution in [2.24, 2.45) is 0 Å². The van der Waals surface area contributed by atoms with Crippen molar-refractivity contribution in [1.29, 1.82) is 0 Å². The van der Waals surface area contributed by atoms with Crippen molar-refractivity contribution in [3.05, 3.63) is 46.7 Å². The predicted molar refractivity (Wildman–Crippen MR) is 101 cm³/mol. The molecule has 1 amide bonds. The molecule has 2 N–H and O–H groups in total. The largest absolute Gasteiger partial charge is 0.495 e. The maximum atomic E-state index is 12.6. The Morgan fingerprint density at radius 1 is 1.24 bits per heavy atom. The van der Waals surface area contributed by atoms with Crippen molar-refractivity contribution >= 4 is 28.9 Å². The van der Waals surface area contributed by atoms with Crippen LogP contribution in [-0.2, 0) is 0 Å². The molecule has 25 heavy (non-hydrogen) atoms. The van der Waals surface area contributed by atoms with Gasteiger partial charge in [-0.15, -0.1) is 0 Å². The zero-order valence-corrected chi connectivity index (χ0v) is 15.2. The van der Waals surface area contributed by atoms with Crippen molar-refractivity contribution < 1.29 is 9.53 Å². The number of nitrogens with one attached hydrogen (secondary N) is 2. The minimum atomic E-state index is -0.234. The molecule has 1 aliphatic rings. The highest BCUT2D eigenvalue weighted by molar-refractivity contribution is 6.31. The number of pyridine rings is 1. The number of hydrogen-bond acceptors (Lipinski definition) is 4. The van der Waals surface area contributed by atoms with Crippen LogP contribution in [0.3, 0.4) is 0 Å². The number of aromatic nitrogens is 1. The fraction of sp³-hybridized carbons (Fsp3) is 0.368. The van der Waals surface area contributed by atoms with Gasteiger partial charge in [0.15, 0.2) is 0 Å². The second-order valence-corrected chi connectivity index (χ2v) is 6.75. The van der Waals surface area contributed by atoms with Crippen LogP contribution >= 0.6 is 11.6 Å². The third-order valence-corrected chi connectivity index (χ3v) is 4.86. The Balaban J connectivity index is 1.76. The van der Waals surface area contributed by atoms with Crippen molar-refractivity contribution in [3.63, 3.8) is 0 Å². The van der Waals surface area contributed by atoms with Gasteiger partial charge in [-0.1, -0.05) is 24.4 Å². The van der Waals surface area contributed by atoms with Crippen LogP contribution < -0.4 is 15.4 Å². The summed E-state index contributed by atoms with van der Waals surface area (Å²) in [5.41, 5.74) is 2.83. The van der Waals surface area contributed by atoms with E-state index in [1.807, 2.05) is 13.0 Å². The van der Waals surface area contributed by atoms with Crippen LogP contribution in [0, 0.1) is 6.92 Å². The fourth-order valence-corrected chi connectivity index (χ4v) is 3.23. The molecule has 0 atom stereocenters. The van der Waals surface area contributed by atoms with Gasteiger partial charge in [0.25, 0.3) is 5.91 Å². The number of aryl methyl sites for hydroxylation is 1. The maximum absolute atomic E-state index is 12.6. The van der Waals surface area contributed by atoms with Gasteiger partial charge in [0, 0.05) is 29.5 Å². The summed E-state index contributed by atoms with van der Waals surface area (Å²) < 4.78 is 5.30. The molecule has 1 aromatic carbocycles. The van der Waals surface area contributed by atoms with E-state index < -0.39 is 0 Å². The van der Waals surface area contributed by atoms with Crippen LogP contribution in [0.4, 0.5) is 11.4 Å². The molecule has 0 spiro atoms. The van der Waals surface area contributed by atoms with Gasteiger partial charge in [0.05, 0.1) is 24.0 Å². The number of hydrogen-bond donors (Lipinski definition) is 2. The Hall–Kier alpha value is -2.27. The molecule has 1 saturated carbocycles. The van der Waals surface area contributed by atoms with E-state index in [4.69, 9.17) is 16.3 Å². The highest BCUT2D eigenvalue weighted by Crippen LogP contribution is 2.31. The molecule has 1 aromatic heterocycles. The molecule has 1 fully saturated rings. The number of amides is 1. The number of carbonyl (C=O) groups is 1. The summed E-state index contributed by atoms with van der Waals surface area (Å²) in [5.74, 6) is 0.291. The van der Waals surface area contributed by atoms with E-state index in [0.29, 0.717) is 28.1 Å². The zero-order chi connectivity index (χ0) is 17.8. The maximum Gasteiger partial charge on any atom is 0.257 e. The van der Waals surface area contributed by atoms with E-state index in [9.17, 15) is 4.79 Å². The average molecular weight is 360 g/mol. The molecule has 3 rings (SSSR count). The number of nitrogens with zero attached hydrogens (tertiary/aromatic N) is 1. The molecule has 1 heterocycles. The lowest BCUT2D eigenvalue weighted by Crippen LogP contribution is -2.17. The van der Waals surface area contributed by atoms with Gasteiger partial charge >= 0.3 is 0 Å². The molecular weight excluding hydrogens is 338 g/mol. The molecule has 6 heteroatoms. The van der Waals surface area contributed by atoms with Gasteiger partial charge < -0.3 is 15.4 Å². The lowest BCUT2D eigenvalue weighted by atomic mass is 10.1. The lowest BCUT2D eigenvalue weighted by Gasteiger charge is -2.15. The number of rotatable bonds is 5. The third kappa shape index (κ3) is 4.23. The first-order chi connectivity index (χ1) is 12.1. The van der Waals surface area contributed by atoms with Gasteiger partial charge in [-0.25, -0.2) is 0 Å². The normalized spacial score (nSPS) is 14.4. The molecule has 0 aliphatic heterocycles. The second-order valence-electron chi connectivity index (χ2n) is 6.34. The number of benzene rings is 1. The highest BCUT2D eigenvalue weighted by atomic mass is 35.5. The SMILES string of the molecule is COc1cc(Cl)c(C)cc1NC(=O)c1cncc(NC2CCCC2)c1. The molecule has 0 radical (unpaired) electrons. The van der Waals surface area contributed by atoms with Gasteiger partial charge in [-0.05, 0) is 37.5 Å². The van der Waals surface area contributed by atoms with E-state index in [0.717, 1.165) is 24.1 Å². The van der Waals surface area contributed by atoms with Gasteiger partial charge in [-0.2, -0.15) is 0 Å². The molecule has 132 valence electrons. The van der Waals surface area contributed by atoms with Crippen molar-refractivity contribution in [1.82, 2.24) is 4.98 Å². The third-order valence-electron chi connectivity index (χ3n) is 4.46. The Labute approximate surface area is 152 Å². The number of ether oxygens (including phenoxy) is 1. The quantitative estimate of drug-likeness (QED) is 0.815. The standard InChI is InChI=1S/C19H22ClN3O2/c1-12-7-17(18(25-2)9-16(12)20)23-19(24)13-8-15(11-21-10-13)22-14-5-3-4-6-14/h7-11,14,22H,3-6H2,1-2H3,(H,23,24).